The second-order valence-electron chi connectivity index (χ2n) is 4.01. The number of aryl methyl sites for hydroxylation is 2. The summed E-state index contributed by atoms with van der Waals surface area (Å²) in [5.41, 5.74) is 8.02. The van der Waals surface area contributed by atoms with Crippen molar-refractivity contribution >= 4 is 11.6 Å². The molecule has 2 N–H and O–H groups in total. The maximum absolute atomic E-state index is 6.14. The molecule has 0 aliphatic carbocycles. The van der Waals surface area contributed by atoms with E-state index < -0.39 is 0 Å². The van der Waals surface area contributed by atoms with Crippen LogP contribution in [0.4, 0.5) is 0 Å². The lowest BCUT2D eigenvalue weighted by Gasteiger charge is -2.19. The molecule has 0 aromatic carbocycles. The van der Waals surface area contributed by atoms with E-state index >= 15 is 0 Å². The zero-order valence-electron chi connectivity index (χ0n) is 10.3. The van der Waals surface area contributed by atoms with Gasteiger partial charge in [0.15, 0.2) is 0 Å². The molecule has 1 aromatic heterocycles. The Morgan fingerprint density at radius 3 is 2.62 bits per heavy atom. The quantitative estimate of drug-likeness (QED) is 0.859. The second-order valence-corrected chi connectivity index (χ2v) is 4.36. The molecule has 1 heterocycles. The molecule has 0 aliphatic rings. The maximum Gasteiger partial charge on any atom is 0.130 e. The Morgan fingerprint density at radius 1 is 1.56 bits per heavy atom. The number of hydrogen-bond donors (Lipinski definition) is 1. The average Bonchev–Trinajstić information content (AvgIpc) is 2.45. The third-order valence-corrected chi connectivity index (χ3v) is 3.21. The van der Waals surface area contributed by atoms with Crippen molar-refractivity contribution in [2.45, 2.75) is 39.3 Å². The van der Waals surface area contributed by atoms with Crippen LogP contribution in [0.2, 0.25) is 5.15 Å². The molecule has 0 bridgehead atoms. The van der Waals surface area contributed by atoms with Gasteiger partial charge in [-0.15, -0.1) is 0 Å². The van der Waals surface area contributed by atoms with Gasteiger partial charge in [-0.25, -0.2) is 0 Å². The summed E-state index contributed by atoms with van der Waals surface area (Å²) < 4.78 is 7.14. The zero-order chi connectivity index (χ0) is 12.3. The predicted molar refractivity (Wildman–Crippen MR) is 65.7 cm³/mol. The van der Waals surface area contributed by atoms with E-state index in [4.69, 9.17) is 22.1 Å². The molecule has 1 rings (SSSR count). The van der Waals surface area contributed by atoms with Crippen LogP contribution in [-0.4, -0.2) is 28.5 Å². The van der Waals surface area contributed by atoms with E-state index in [1.54, 1.807) is 4.68 Å². The number of rotatable bonds is 5. The van der Waals surface area contributed by atoms with Gasteiger partial charge in [0.1, 0.15) is 5.15 Å². The van der Waals surface area contributed by atoms with Crippen molar-refractivity contribution in [2.75, 3.05) is 6.61 Å². The predicted octanol–water partition coefficient (Wildman–Crippen LogP) is 1.68. The Kier molecular flexibility index (Phi) is 4.77. The van der Waals surface area contributed by atoms with Crippen molar-refractivity contribution in [1.29, 1.82) is 0 Å². The molecule has 2 atom stereocenters. The van der Waals surface area contributed by atoms with Crippen molar-refractivity contribution in [2.24, 2.45) is 12.8 Å². The Labute approximate surface area is 102 Å². The summed E-state index contributed by atoms with van der Waals surface area (Å²) in [6, 6.07) is -0.0552. The van der Waals surface area contributed by atoms with Crippen LogP contribution in [0.3, 0.4) is 0 Å². The Bertz CT molecular complexity index is 351. The van der Waals surface area contributed by atoms with E-state index in [2.05, 4.69) is 5.10 Å². The maximum atomic E-state index is 6.14. The molecule has 16 heavy (non-hydrogen) atoms. The molecule has 92 valence electrons. The van der Waals surface area contributed by atoms with E-state index in [-0.39, 0.29) is 12.1 Å². The minimum absolute atomic E-state index is 0.0284. The van der Waals surface area contributed by atoms with Crippen LogP contribution in [0.15, 0.2) is 0 Å². The first-order chi connectivity index (χ1) is 7.47. The number of nitrogens with two attached hydrogens (primary N) is 1. The lowest BCUT2D eigenvalue weighted by Crippen LogP contribution is -2.36. The monoisotopic (exact) mass is 245 g/mol. The van der Waals surface area contributed by atoms with Gasteiger partial charge in [0.2, 0.25) is 0 Å². The third kappa shape index (κ3) is 2.97. The number of halogens is 1. The molecule has 5 heteroatoms. The average molecular weight is 246 g/mol. The molecular formula is C11H20ClN3O. The fourth-order valence-electron chi connectivity index (χ4n) is 1.69. The molecule has 0 fully saturated rings. The smallest absolute Gasteiger partial charge is 0.130 e. The van der Waals surface area contributed by atoms with Crippen LogP contribution in [0.5, 0.6) is 0 Å². The third-order valence-electron chi connectivity index (χ3n) is 2.74. The first-order valence-electron chi connectivity index (χ1n) is 5.52. The van der Waals surface area contributed by atoms with Gasteiger partial charge >= 0.3 is 0 Å². The van der Waals surface area contributed by atoms with E-state index in [0.29, 0.717) is 18.2 Å². The van der Waals surface area contributed by atoms with Gasteiger partial charge in [0, 0.05) is 25.3 Å². The molecule has 0 spiro atoms. The minimum atomic E-state index is -0.0552. The zero-order valence-corrected chi connectivity index (χ0v) is 11.1. The van der Waals surface area contributed by atoms with Crippen molar-refractivity contribution in [3.05, 3.63) is 16.4 Å². The lowest BCUT2D eigenvalue weighted by atomic mass is 10.0. The summed E-state index contributed by atoms with van der Waals surface area (Å²) in [7, 11) is 1.83. The minimum Gasteiger partial charge on any atom is -0.377 e. The highest BCUT2D eigenvalue weighted by molar-refractivity contribution is 6.30. The van der Waals surface area contributed by atoms with Crippen LogP contribution in [0.25, 0.3) is 0 Å². The Morgan fingerprint density at radius 2 is 2.19 bits per heavy atom. The van der Waals surface area contributed by atoms with Gasteiger partial charge in [-0.05, 0) is 27.2 Å². The molecular weight excluding hydrogens is 226 g/mol. The summed E-state index contributed by atoms with van der Waals surface area (Å²) in [6.45, 7) is 6.56. The highest BCUT2D eigenvalue weighted by Gasteiger charge is 2.18. The van der Waals surface area contributed by atoms with Gasteiger partial charge in [0.25, 0.3) is 0 Å². The van der Waals surface area contributed by atoms with Gasteiger partial charge in [-0.1, -0.05) is 11.6 Å². The van der Waals surface area contributed by atoms with Crippen LogP contribution >= 0.6 is 11.6 Å². The highest BCUT2D eigenvalue weighted by Crippen LogP contribution is 2.20. The molecule has 0 amide bonds. The molecule has 0 saturated carbocycles. The van der Waals surface area contributed by atoms with Crippen LogP contribution in [0, 0.1) is 6.92 Å². The summed E-state index contributed by atoms with van der Waals surface area (Å²) in [6.07, 6.45) is 0.723. The first-order valence-corrected chi connectivity index (χ1v) is 5.90. The fourth-order valence-corrected chi connectivity index (χ4v) is 1.95. The molecule has 0 aliphatic heterocycles. The molecule has 0 radical (unpaired) electrons. The van der Waals surface area contributed by atoms with E-state index in [1.807, 2.05) is 27.8 Å². The van der Waals surface area contributed by atoms with E-state index in [9.17, 15) is 0 Å². The Balaban J connectivity index is 2.72. The normalized spacial score (nSPS) is 15.1. The van der Waals surface area contributed by atoms with Gasteiger partial charge in [-0.3, -0.25) is 4.68 Å². The molecule has 0 saturated heterocycles. The fraction of sp³-hybridized carbons (Fsp3) is 0.727. The summed E-state index contributed by atoms with van der Waals surface area (Å²) in [5.74, 6) is 0. The van der Waals surface area contributed by atoms with Gasteiger partial charge in [0.05, 0.1) is 11.8 Å². The standard InChI is InChI=1S/C11H20ClN3O/c1-5-16-8(3)10(13)6-9-7(2)14-15(4)11(9)12/h8,10H,5-6,13H2,1-4H3. The number of ether oxygens (including phenoxy) is 1. The number of aromatic nitrogens is 2. The Hall–Kier alpha value is -0.580. The van der Waals surface area contributed by atoms with Crippen molar-refractivity contribution in [1.82, 2.24) is 9.78 Å². The van der Waals surface area contributed by atoms with E-state index in [1.165, 1.54) is 0 Å². The molecule has 2 unspecified atom stereocenters. The second kappa shape index (κ2) is 5.66. The largest absolute Gasteiger partial charge is 0.377 e. The number of nitrogens with zero attached hydrogens (tertiary/aromatic N) is 2. The van der Waals surface area contributed by atoms with Crippen LogP contribution < -0.4 is 5.73 Å². The van der Waals surface area contributed by atoms with Crippen LogP contribution in [0.1, 0.15) is 25.1 Å². The molecule has 1 aromatic rings. The summed E-state index contributed by atoms with van der Waals surface area (Å²) >= 11 is 6.14. The van der Waals surface area contributed by atoms with Gasteiger partial charge in [-0.2, -0.15) is 5.10 Å². The first kappa shape index (κ1) is 13.5. The molecule has 4 nitrogen and oxygen atoms in total. The van der Waals surface area contributed by atoms with E-state index in [0.717, 1.165) is 11.3 Å². The van der Waals surface area contributed by atoms with Crippen molar-refractivity contribution in [3.63, 3.8) is 0 Å². The highest BCUT2D eigenvalue weighted by atomic mass is 35.5. The SMILES string of the molecule is CCOC(C)C(N)Cc1c(C)nn(C)c1Cl. The lowest BCUT2D eigenvalue weighted by molar-refractivity contribution is 0.0577. The number of hydrogen-bond acceptors (Lipinski definition) is 3. The van der Waals surface area contributed by atoms with Crippen LogP contribution in [-0.2, 0) is 18.2 Å². The van der Waals surface area contributed by atoms with Crippen molar-refractivity contribution in [3.8, 4) is 0 Å². The van der Waals surface area contributed by atoms with Crippen molar-refractivity contribution < 1.29 is 4.74 Å². The summed E-state index contributed by atoms with van der Waals surface area (Å²) in [5, 5.41) is 4.92. The van der Waals surface area contributed by atoms with Gasteiger partial charge < -0.3 is 10.5 Å². The topological polar surface area (TPSA) is 53.1 Å². The summed E-state index contributed by atoms with van der Waals surface area (Å²) in [4.78, 5) is 0.